The van der Waals surface area contributed by atoms with Crippen LogP contribution >= 0.6 is 15.2 Å². The van der Waals surface area contributed by atoms with Crippen LogP contribution in [0, 0.1) is 0 Å². The van der Waals surface area contributed by atoms with E-state index in [9.17, 15) is 9.13 Å². The smallest absolute Gasteiger partial charge is 0.323 e. The van der Waals surface area contributed by atoms with Crippen LogP contribution in [0.2, 0.25) is 0 Å². The molecule has 0 aromatic carbocycles. The highest BCUT2D eigenvalue weighted by molar-refractivity contribution is 7.70. The van der Waals surface area contributed by atoms with Crippen molar-refractivity contribution in [2.24, 2.45) is 0 Å². The van der Waals surface area contributed by atoms with Gasteiger partial charge >= 0.3 is 15.2 Å². The fraction of sp³-hybridized carbons (Fsp3) is 0.889. The first kappa shape index (κ1) is 28.0. The second kappa shape index (κ2) is 16.7. The zero-order chi connectivity index (χ0) is 21.3. The summed E-state index contributed by atoms with van der Waals surface area (Å²) in [6.45, 7) is 2.62. The standard InChI is InChI=1S/C18H40N2O6P2/c1-2-3-4-5-6-7-8-9-10-11-12-13-14-15-16-17-19-20-18(27(21,22)23)28(24,25)26/h9-10,18-20H,2-8,11-17H2,1H3,(H2,21,22,23)(H2,24,25,26)/b10-9-. The molecule has 10 heteroatoms. The third-order valence-electron chi connectivity index (χ3n) is 4.43. The Balaban J connectivity index is 3.49. The van der Waals surface area contributed by atoms with Crippen molar-refractivity contribution in [3.63, 3.8) is 0 Å². The quantitative estimate of drug-likeness (QED) is 0.0750. The van der Waals surface area contributed by atoms with Crippen molar-refractivity contribution < 1.29 is 28.7 Å². The summed E-state index contributed by atoms with van der Waals surface area (Å²) in [5, 5.41) is 0. The molecule has 0 bridgehead atoms. The number of hydrogen-bond donors (Lipinski definition) is 6. The van der Waals surface area contributed by atoms with Crippen LogP contribution in [0.15, 0.2) is 12.2 Å². The summed E-state index contributed by atoms with van der Waals surface area (Å²) in [6.07, 6.45) is 19.8. The Labute approximate surface area is 169 Å². The monoisotopic (exact) mass is 442 g/mol. The van der Waals surface area contributed by atoms with Gasteiger partial charge in [-0.15, -0.1) is 0 Å². The average Bonchev–Trinajstić information content (AvgIpc) is 2.58. The third-order valence-corrected chi connectivity index (χ3v) is 7.77. The molecule has 0 heterocycles. The van der Waals surface area contributed by atoms with Crippen LogP contribution < -0.4 is 10.9 Å². The Morgan fingerprint density at radius 3 is 1.61 bits per heavy atom. The number of rotatable bonds is 19. The zero-order valence-electron chi connectivity index (χ0n) is 17.1. The summed E-state index contributed by atoms with van der Waals surface area (Å²) in [4.78, 5) is 35.8. The maximum absolute atomic E-state index is 11.1. The minimum atomic E-state index is -4.93. The summed E-state index contributed by atoms with van der Waals surface area (Å²) >= 11 is 0. The van der Waals surface area contributed by atoms with Crippen LogP contribution in [-0.4, -0.2) is 31.6 Å². The number of nitrogens with one attached hydrogen (secondary N) is 2. The molecular weight excluding hydrogens is 402 g/mol. The van der Waals surface area contributed by atoms with Gasteiger partial charge in [-0.05, 0) is 32.1 Å². The van der Waals surface area contributed by atoms with E-state index in [0.29, 0.717) is 6.54 Å². The molecule has 168 valence electrons. The van der Waals surface area contributed by atoms with Gasteiger partial charge in [-0.3, -0.25) is 14.6 Å². The van der Waals surface area contributed by atoms with Crippen LogP contribution in [-0.2, 0) is 9.13 Å². The van der Waals surface area contributed by atoms with Crippen molar-refractivity contribution >= 4 is 15.2 Å². The van der Waals surface area contributed by atoms with E-state index in [1.54, 1.807) is 0 Å². The second-order valence-corrected chi connectivity index (χ2v) is 11.0. The Morgan fingerprint density at radius 2 is 1.14 bits per heavy atom. The van der Waals surface area contributed by atoms with Gasteiger partial charge in [0.25, 0.3) is 0 Å². The van der Waals surface area contributed by atoms with Gasteiger partial charge in [-0.1, -0.05) is 70.4 Å². The molecule has 0 atom stereocenters. The number of hydrazine groups is 1. The molecule has 6 N–H and O–H groups in total. The van der Waals surface area contributed by atoms with E-state index in [2.05, 4.69) is 29.9 Å². The average molecular weight is 442 g/mol. The first-order valence-electron chi connectivity index (χ1n) is 10.4. The molecule has 0 rings (SSSR count). The minimum absolute atomic E-state index is 0.384. The molecule has 0 saturated carbocycles. The molecule has 0 radical (unpaired) electrons. The maximum atomic E-state index is 11.1. The Morgan fingerprint density at radius 1 is 0.714 bits per heavy atom. The predicted octanol–water partition coefficient (Wildman–Crippen LogP) is 4.37. The first-order chi connectivity index (χ1) is 13.2. The normalized spacial score (nSPS) is 13.1. The van der Waals surface area contributed by atoms with Crippen LogP contribution in [0.5, 0.6) is 0 Å². The van der Waals surface area contributed by atoms with Crippen LogP contribution in [0.4, 0.5) is 0 Å². The van der Waals surface area contributed by atoms with Gasteiger partial charge in [-0.2, -0.15) is 0 Å². The van der Waals surface area contributed by atoms with E-state index in [-0.39, 0.29) is 0 Å². The fourth-order valence-corrected chi connectivity index (χ4v) is 4.90. The van der Waals surface area contributed by atoms with Crippen molar-refractivity contribution in [2.75, 3.05) is 6.54 Å². The molecule has 8 nitrogen and oxygen atoms in total. The van der Waals surface area contributed by atoms with Gasteiger partial charge in [0, 0.05) is 6.54 Å². The van der Waals surface area contributed by atoms with Crippen molar-refractivity contribution in [3.8, 4) is 0 Å². The molecule has 0 aliphatic rings. The SMILES string of the molecule is CCCCCCCC/C=C\CCCCCCCNNC(P(=O)(O)O)P(=O)(O)O. The summed E-state index contributed by atoms with van der Waals surface area (Å²) in [6, 6.07) is 0. The topological polar surface area (TPSA) is 139 Å². The van der Waals surface area contributed by atoms with Crippen molar-refractivity contribution in [1.29, 1.82) is 0 Å². The predicted molar refractivity (Wildman–Crippen MR) is 114 cm³/mol. The lowest BCUT2D eigenvalue weighted by Crippen LogP contribution is -2.41. The molecule has 0 aromatic heterocycles. The largest absolute Gasteiger partial charge is 0.356 e. The molecule has 0 aliphatic heterocycles. The first-order valence-corrected chi connectivity index (χ1v) is 13.8. The highest BCUT2D eigenvalue weighted by Gasteiger charge is 2.43. The highest BCUT2D eigenvalue weighted by atomic mass is 31.2. The highest BCUT2D eigenvalue weighted by Crippen LogP contribution is 2.57. The number of unbranched alkanes of at least 4 members (excludes halogenated alkanes) is 11. The lowest BCUT2D eigenvalue weighted by Gasteiger charge is -2.21. The number of hydrogen-bond acceptors (Lipinski definition) is 4. The molecule has 0 unspecified atom stereocenters. The van der Waals surface area contributed by atoms with Gasteiger partial charge in [0.15, 0.2) is 0 Å². The lowest BCUT2D eigenvalue weighted by molar-refractivity contribution is 0.318. The van der Waals surface area contributed by atoms with Crippen molar-refractivity contribution in [2.45, 2.75) is 95.9 Å². The molecule has 0 spiro atoms. The summed E-state index contributed by atoms with van der Waals surface area (Å²) < 4.78 is 22.2. The Bertz CT molecular complexity index is 470. The van der Waals surface area contributed by atoms with Gasteiger partial charge in [0.05, 0.1) is 0 Å². The third kappa shape index (κ3) is 16.9. The second-order valence-electron chi connectivity index (χ2n) is 7.21. The van der Waals surface area contributed by atoms with Gasteiger partial charge in [0.1, 0.15) is 0 Å². The molecular formula is C18H40N2O6P2. The Hall–Kier alpha value is -0.0400. The van der Waals surface area contributed by atoms with Gasteiger partial charge < -0.3 is 19.6 Å². The fourth-order valence-electron chi connectivity index (χ4n) is 2.81. The lowest BCUT2D eigenvalue weighted by atomic mass is 10.1. The van der Waals surface area contributed by atoms with E-state index in [0.717, 1.165) is 38.5 Å². The minimum Gasteiger partial charge on any atom is -0.323 e. The van der Waals surface area contributed by atoms with Crippen LogP contribution in [0.3, 0.4) is 0 Å². The van der Waals surface area contributed by atoms with E-state index >= 15 is 0 Å². The zero-order valence-corrected chi connectivity index (χ0v) is 18.9. The summed E-state index contributed by atoms with van der Waals surface area (Å²) in [7, 11) is -9.86. The van der Waals surface area contributed by atoms with Gasteiger partial charge in [-0.25, -0.2) is 5.43 Å². The Kier molecular flexibility index (Phi) is 16.7. The summed E-state index contributed by atoms with van der Waals surface area (Å²) in [5.74, 6) is 0. The summed E-state index contributed by atoms with van der Waals surface area (Å²) in [5.41, 5.74) is 2.36. The van der Waals surface area contributed by atoms with Crippen LogP contribution in [0.25, 0.3) is 0 Å². The van der Waals surface area contributed by atoms with E-state index in [1.165, 1.54) is 44.9 Å². The molecule has 0 amide bonds. The van der Waals surface area contributed by atoms with Gasteiger partial charge in [0.2, 0.25) is 5.52 Å². The van der Waals surface area contributed by atoms with Crippen molar-refractivity contribution in [1.82, 2.24) is 10.9 Å². The van der Waals surface area contributed by atoms with Crippen molar-refractivity contribution in [3.05, 3.63) is 12.2 Å². The number of allylic oxidation sites excluding steroid dienone is 2. The molecule has 0 saturated heterocycles. The molecule has 28 heavy (non-hydrogen) atoms. The molecule has 0 aromatic rings. The molecule has 0 fully saturated rings. The van der Waals surface area contributed by atoms with E-state index in [1.807, 2.05) is 0 Å². The van der Waals surface area contributed by atoms with Crippen LogP contribution in [0.1, 0.15) is 90.4 Å². The molecule has 0 aliphatic carbocycles. The van der Waals surface area contributed by atoms with E-state index < -0.39 is 20.7 Å². The maximum Gasteiger partial charge on any atom is 0.356 e. The van der Waals surface area contributed by atoms with E-state index in [4.69, 9.17) is 19.6 Å².